The van der Waals surface area contributed by atoms with Crippen LogP contribution in [0.1, 0.15) is 12.0 Å². The Labute approximate surface area is 95.8 Å². The van der Waals surface area contributed by atoms with Gasteiger partial charge in [0.2, 0.25) is 0 Å². The predicted octanol–water partition coefficient (Wildman–Crippen LogP) is 1.59. The van der Waals surface area contributed by atoms with Crippen molar-refractivity contribution in [3.05, 3.63) is 24.0 Å². The Bertz CT molecular complexity index is 327. The van der Waals surface area contributed by atoms with Crippen LogP contribution >= 0.6 is 0 Å². The molecule has 0 spiro atoms. The van der Waals surface area contributed by atoms with Crippen LogP contribution in [0.4, 0.5) is 4.39 Å². The molecule has 2 rings (SSSR count). The van der Waals surface area contributed by atoms with Crippen LogP contribution in [0.25, 0.3) is 0 Å². The summed E-state index contributed by atoms with van der Waals surface area (Å²) < 4.78 is 20.1. The lowest BCUT2D eigenvalue weighted by Crippen LogP contribution is -2.32. The Kier molecular flexibility index (Phi) is 3.96. The summed E-state index contributed by atoms with van der Waals surface area (Å²) in [5.74, 6) is 0. The Balaban J connectivity index is 1.92. The third-order valence-electron chi connectivity index (χ3n) is 2.91. The van der Waals surface area contributed by atoms with Gasteiger partial charge in [-0.2, -0.15) is 0 Å². The van der Waals surface area contributed by atoms with Crippen molar-refractivity contribution in [2.24, 2.45) is 7.05 Å². The maximum Gasteiger partial charge on any atom is 0.117 e. The van der Waals surface area contributed by atoms with Crippen LogP contribution in [-0.4, -0.2) is 41.9 Å². The number of aromatic nitrogens is 1. The Morgan fingerprint density at radius 1 is 1.56 bits per heavy atom. The smallest absolute Gasteiger partial charge is 0.117 e. The molecule has 2 heterocycles. The second-order valence-corrected chi connectivity index (χ2v) is 4.42. The average molecular weight is 226 g/mol. The topological polar surface area (TPSA) is 17.4 Å². The molecule has 4 heteroatoms. The summed E-state index contributed by atoms with van der Waals surface area (Å²) in [5.41, 5.74) is 1.28. The molecule has 1 fully saturated rings. The van der Waals surface area contributed by atoms with Crippen LogP contribution in [0.2, 0.25) is 0 Å². The summed E-state index contributed by atoms with van der Waals surface area (Å²) in [7, 11) is 2.01. The minimum absolute atomic E-state index is 0.244. The second-order valence-electron chi connectivity index (χ2n) is 4.42. The van der Waals surface area contributed by atoms with E-state index < -0.39 is 0 Å². The van der Waals surface area contributed by atoms with Crippen LogP contribution in [0, 0.1) is 0 Å². The molecule has 0 saturated carbocycles. The van der Waals surface area contributed by atoms with E-state index in [0.29, 0.717) is 13.2 Å². The van der Waals surface area contributed by atoms with Crippen LogP contribution in [0.15, 0.2) is 18.5 Å². The lowest BCUT2D eigenvalue weighted by molar-refractivity contribution is 0.0359. The van der Waals surface area contributed by atoms with Gasteiger partial charge in [-0.1, -0.05) is 0 Å². The second kappa shape index (κ2) is 5.46. The van der Waals surface area contributed by atoms with E-state index in [1.54, 1.807) is 0 Å². The van der Waals surface area contributed by atoms with Gasteiger partial charge < -0.3 is 9.30 Å². The molecule has 0 N–H and O–H groups in total. The zero-order valence-corrected chi connectivity index (χ0v) is 9.73. The van der Waals surface area contributed by atoms with Crippen molar-refractivity contribution in [2.75, 3.05) is 26.4 Å². The molecule has 1 aliphatic rings. The highest BCUT2D eigenvalue weighted by Crippen LogP contribution is 2.11. The zero-order chi connectivity index (χ0) is 11.4. The summed E-state index contributed by atoms with van der Waals surface area (Å²) in [4.78, 5) is 2.27. The minimum atomic E-state index is -0.384. The van der Waals surface area contributed by atoms with Gasteiger partial charge in [0.15, 0.2) is 0 Å². The molecule has 1 saturated heterocycles. The van der Waals surface area contributed by atoms with E-state index in [9.17, 15) is 4.39 Å². The molecule has 16 heavy (non-hydrogen) atoms. The molecule has 0 radical (unpaired) electrons. The molecular weight excluding hydrogens is 207 g/mol. The largest absolute Gasteiger partial charge is 0.374 e. The summed E-state index contributed by atoms with van der Waals surface area (Å²) in [6, 6.07) is 2.11. The van der Waals surface area contributed by atoms with Crippen molar-refractivity contribution in [3.63, 3.8) is 0 Å². The van der Waals surface area contributed by atoms with Gasteiger partial charge in [-0.25, -0.2) is 4.39 Å². The Hall–Kier alpha value is -0.870. The summed E-state index contributed by atoms with van der Waals surface area (Å²) in [5, 5.41) is 0. The summed E-state index contributed by atoms with van der Waals surface area (Å²) in [6.07, 6.45) is 4.89. The van der Waals surface area contributed by atoms with Gasteiger partial charge in [0.25, 0.3) is 0 Å². The van der Waals surface area contributed by atoms with Gasteiger partial charge >= 0.3 is 0 Å². The van der Waals surface area contributed by atoms with E-state index in [1.165, 1.54) is 5.56 Å². The first-order chi connectivity index (χ1) is 7.78. The van der Waals surface area contributed by atoms with E-state index in [2.05, 4.69) is 17.2 Å². The number of rotatable bonds is 3. The quantitative estimate of drug-likeness (QED) is 0.778. The van der Waals surface area contributed by atoms with Crippen LogP contribution in [0.3, 0.4) is 0 Å². The minimum Gasteiger partial charge on any atom is -0.374 e. The van der Waals surface area contributed by atoms with Gasteiger partial charge in [0, 0.05) is 45.7 Å². The number of hydrogen-bond acceptors (Lipinski definition) is 2. The number of aryl methyl sites for hydroxylation is 1. The number of hydrogen-bond donors (Lipinski definition) is 0. The van der Waals surface area contributed by atoms with Crippen molar-refractivity contribution < 1.29 is 9.13 Å². The third kappa shape index (κ3) is 3.06. The fourth-order valence-corrected chi connectivity index (χ4v) is 2.12. The van der Waals surface area contributed by atoms with E-state index in [4.69, 9.17) is 4.74 Å². The molecule has 90 valence electrons. The van der Waals surface area contributed by atoms with Crippen LogP contribution in [0.5, 0.6) is 0 Å². The zero-order valence-electron chi connectivity index (χ0n) is 9.73. The monoisotopic (exact) mass is 226 g/mol. The van der Waals surface area contributed by atoms with Gasteiger partial charge in [-0.3, -0.25) is 4.90 Å². The standard InChI is InChI=1S/C12H19FN2O/c1-14-5-3-11(8-14)9-15-4-2-6-16-12(7-13)10-15/h3,5,8,12H,2,4,6-7,9-10H2,1H3/t12-/m0/s1. The number of ether oxygens (including phenoxy) is 1. The van der Waals surface area contributed by atoms with Crippen LogP contribution in [-0.2, 0) is 18.3 Å². The fourth-order valence-electron chi connectivity index (χ4n) is 2.12. The first-order valence-electron chi connectivity index (χ1n) is 5.78. The van der Waals surface area contributed by atoms with Gasteiger partial charge in [0.05, 0.1) is 6.10 Å². The highest BCUT2D eigenvalue weighted by Gasteiger charge is 2.18. The summed E-state index contributed by atoms with van der Waals surface area (Å²) in [6.45, 7) is 2.88. The van der Waals surface area contributed by atoms with E-state index in [-0.39, 0.29) is 12.8 Å². The fraction of sp³-hybridized carbons (Fsp3) is 0.667. The normalized spacial score (nSPS) is 23.2. The summed E-state index contributed by atoms with van der Waals surface area (Å²) >= 11 is 0. The number of alkyl halides is 1. The highest BCUT2D eigenvalue weighted by molar-refractivity contribution is 5.09. The number of halogens is 1. The molecule has 0 bridgehead atoms. The molecule has 0 amide bonds. The SMILES string of the molecule is Cn1ccc(CN2CCCO[C@@H](CF)C2)c1. The molecule has 0 aliphatic carbocycles. The maximum absolute atomic E-state index is 12.6. The third-order valence-corrected chi connectivity index (χ3v) is 2.91. The highest BCUT2D eigenvalue weighted by atomic mass is 19.1. The molecule has 0 aromatic carbocycles. The lowest BCUT2D eigenvalue weighted by atomic mass is 10.2. The molecular formula is C12H19FN2O. The number of nitrogens with zero attached hydrogens (tertiary/aromatic N) is 2. The maximum atomic E-state index is 12.6. The van der Waals surface area contributed by atoms with Gasteiger partial charge in [-0.05, 0) is 18.1 Å². The first kappa shape index (κ1) is 11.6. The molecule has 1 atom stereocenters. The average Bonchev–Trinajstić information content (AvgIpc) is 2.55. The molecule has 0 unspecified atom stereocenters. The van der Waals surface area contributed by atoms with Crippen molar-refractivity contribution in [1.82, 2.24) is 9.47 Å². The van der Waals surface area contributed by atoms with Crippen molar-refractivity contribution in [1.29, 1.82) is 0 Å². The lowest BCUT2D eigenvalue weighted by Gasteiger charge is -2.21. The molecule has 1 aromatic rings. The Morgan fingerprint density at radius 2 is 2.44 bits per heavy atom. The van der Waals surface area contributed by atoms with Crippen LogP contribution < -0.4 is 0 Å². The van der Waals surface area contributed by atoms with Gasteiger partial charge in [0.1, 0.15) is 6.67 Å². The first-order valence-corrected chi connectivity index (χ1v) is 5.78. The predicted molar refractivity (Wildman–Crippen MR) is 61.0 cm³/mol. The van der Waals surface area contributed by atoms with Crippen molar-refractivity contribution in [3.8, 4) is 0 Å². The van der Waals surface area contributed by atoms with Crippen molar-refractivity contribution >= 4 is 0 Å². The van der Waals surface area contributed by atoms with Gasteiger partial charge in [-0.15, -0.1) is 0 Å². The molecule has 1 aliphatic heterocycles. The molecule has 3 nitrogen and oxygen atoms in total. The van der Waals surface area contributed by atoms with E-state index in [1.807, 2.05) is 17.8 Å². The molecule has 1 aromatic heterocycles. The van der Waals surface area contributed by atoms with E-state index in [0.717, 1.165) is 19.5 Å². The Morgan fingerprint density at radius 3 is 3.12 bits per heavy atom. The van der Waals surface area contributed by atoms with Crippen molar-refractivity contribution in [2.45, 2.75) is 19.1 Å². The van der Waals surface area contributed by atoms with E-state index >= 15 is 0 Å².